The van der Waals surface area contributed by atoms with Crippen molar-refractivity contribution in [2.75, 3.05) is 13.2 Å². The summed E-state index contributed by atoms with van der Waals surface area (Å²) in [7, 11) is 0. The van der Waals surface area contributed by atoms with E-state index < -0.39 is 6.10 Å². The van der Waals surface area contributed by atoms with E-state index in [0.29, 0.717) is 19.3 Å². The van der Waals surface area contributed by atoms with Crippen LogP contribution in [0.5, 0.6) is 0 Å². The number of esters is 3. The molecule has 0 saturated carbocycles. The highest BCUT2D eigenvalue weighted by Gasteiger charge is 2.19. The summed E-state index contributed by atoms with van der Waals surface area (Å²) in [5.41, 5.74) is 0. The van der Waals surface area contributed by atoms with Crippen LogP contribution < -0.4 is 0 Å². The van der Waals surface area contributed by atoms with Gasteiger partial charge in [0.05, 0.1) is 0 Å². The van der Waals surface area contributed by atoms with Crippen LogP contribution in [0.3, 0.4) is 0 Å². The molecular formula is C72H124O6. The molecule has 0 aromatic heterocycles. The van der Waals surface area contributed by atoms with E-state index >= 15 is 0 Å². The van der Waals surface area contributed by atoms with E-state index in [4.69, 9.17) is 14.2 Å². The standard InChI is InChI=1S/C72H124O6/c1-4-7-10-13-16-19-22-24-26-28-30-31-32-33-34-35-36-37-38-39-40-41-43-44-46-48-50-53-56-59-62-65-71(74)77-68-69(67-76-70(73)64-61-58-55-52-21-18-15-12-9-6-3)78-72(75)66-63-60-57-54-51-49-47-45-42-29-27-25-23-20-17-14-11-8-5-2/h8,11,17,20,22,24-25,27-28,30,32-33,42,45,49,51,69H,4-7,9-10,12-16,18-19,21,23,26,29,31,34-41,43-44,46-48,50,52-68H2,1-3H3/b11-8-,20-17-,24-22-,27-25-,30-28-,33-32-,45-42-,51-49-. The molecule has 0 heterocycles. The number of carbonyl (C=O) groups excluding carboxylic acids is 3. The lowest BCUT2D eigenvalue weighted by Crippen LogP contribution is -2.30. The lowest BCUT2D eigenvalue weighted by Gasteiger charge is -2.18. The number of allylic oxidation sites excluding steroid dienone is 16. The van der Waals surface area contributed by atoms with E-state index in [1.54, 1.807) is 0 Å². The van der Waals surface area contributed by atoms with Crippen molar-refractivity contribution in [2.45, 2.75) is 329 Å². The highest BCUT2D eigenvalue weighted by molar-refractivity contribution is 5.71. The monoisotopic (exact) mass is 1080 g/mol. The average molecular weight is 1090 g/mol. The summed E-state index contributed by atoms with van der Waals surface area (Å²) in [4.78, 5) is 38.2. The van der Waals surface area contributed by atoms with Gasteiger partial charge in [0.25, 0.3) is 0 Å². The Labute approximate surface area is 483 Å². The second-order valence-corrected chi connectivity index (χ2v) is 22.0. The van der Waals surface area contributed by atoms with Gasteiger partial charge in [-0.25, -0.2) is 0 Å². The van der Waals surface area contributed by atoms with Gasteiger partial charge in [0.1, 0.15) is 13.2 Å². The van der Waals surface area contributed by atoms with Gasteiger partial charge in [-0.1, -0.05) is 298 Å². The second kappa shape index (κ2) is 65.8. The van der Waals surface area contributed by atoms with Crippen LogP contribution in [-0.2, 0) is 28.6 Å². The van der Waals surface area contributed by atoms with E-state index in [1.165, 1.54) is 173 Å². The molecule has 78 heavy (non-hydrogen) atoms. The van der Waals surface area contributed by atoms with Crippen LogP contribution in [0.1, 0.15) is 323 Å². The molecule has 1 unspecified atom stereocenters. The molecule has 0 bridgehead atoms. The molecule has 0 spiro atoms. The minimum Gasteiger partial charge on any atom is -0.462 e. The zero-order valence-electron chi connectivity index (χ0n) is 51.4. The number of ether oxygens (including phenoxy) is 3. The molecule has 0 aromatic carbocycles. The maximum absolute atomic E-state index is 12.9. The van der Waals surface area contributed by atoms with Crippen LogP contribution in [-0.4, -0.2) is 37.2 Å². The Hall–Kier alpha value is -3.67. The van der Waals surface area contributed by atoms with E-state index in [-0.39, 0.29) is 31.1 Å². The highest BCUT2D eigenvalue weighted by atomic mass is 16.6. The van der Waals surface area contributed by atoms with Gasteiger partial charge in [0.15, 0.2) is 6.10 Å². The van der Waals surface area contributed by atoms with E-state index in [2.05, 4.69) is 118 Å². The van der Waals surface area contributed by atoms with Crippen molar-refractivity contribution in [1.82, 2.24) is 0 Å². The smallest absolute Gasteiger partial charge is 0.306 e. The van der Waals surface area contributed by atoms with Crippen molar-refractivity contribution < 1.29 is 28.6 Å². The first kappa shape index (κ1) is 74.3. The molecule has 0 aromatic rings. The third-order valence-electron chi connectivity index (χ3n) is 14.3. The predicted octanol–water partition coefficient (Wildman–Crippen LogP) is 22.8. The topological polar surface area (TPSA) is 78.9 Å². The lowest BCUT2D eigenvalue weighted by atomic mass is 10.0. The van der Waals surface area contributed by atoms with Gasteiger partial charge in [-0.15, -0.1) is 0 Å². The highest BCUT2D eigenvalue weighted by Crippen LogP contribution is 2.17. The molecular weight excluding hydrogens is 961 g/mol. The molecule has 0 amide bonds. The van der Waals surface area contributed by atoms with Crippen molar-refractivity contribution in [3.8, 4) is 0 Å². The molecule has 1 atom stereocenters. The molecule has 0 rings (SSSR count). The lowest BCUT2D eigenvalue weighted by molar-refractivity contribution is -0.167. The first-order chi connectivity index (χ1) is 38.5. The number of hydrogen-bond donors (Lipinski definition) is 0. The molecule has 0 N–H and O–H groups in total. The molecule has 6 heteroatoms. The number of carbonyl (C=O) groups is 3. The molecule has 0 saturated heterocycles. The van der Waals surface area contributed by atoms with Gasteiger partial charge in [0, 0.05) is 19.3 Å². The number of hydrogen-bond acceptors (Lipinski definition) is 6. The van der Waals surface area contributed by atoms with Crippen LogP contribution in [0.25, 0.3) is 0 Å². The zero-order chi connectivity index (χ0) is 56.4. The summed E-state index contributed by atoms with van der Waals surface area (Å²) in [6.45, 7) is 6.50. The molecule has 0 aliphatic rings. The minimum absolute atomic E-state index is 0.0881. The van der Waals surface area contributed by atoms with Crippen molar-refractivity contribution in [1.29, 1.82) is 0 Å². The van der Waals surface area contributed by atoms with Gasteiger partial charge >= 0.3 is 17.9 Å². The van der Waals surface area contributed by atoms with E-state index in [0.717, 1.165) is 109 Å². The Morgan fingerprint density at radius 2 is 0.500 bits per heavy atom. The largest absolute Gasteiger partial charge is 0.462 e. The summed E-state index contributed by atoms with van der Waals surface area (Å²) in [5, 5.41) is 0. The average Bonchev–Trinajstić information content (AvgIpc) is 3.44. The Morgan fingerprint density at radius 3 is 0.795 bits per heavy atom. The third kappa shape index (κ3) is 63.2. The molecule has 0 fully saturated rings. The fraction of sp³-hybridized carbons (Fsp3) is 0.736. The Bertz CT molecular complexity index is 1530. The fourth-order valence-electron chi connectivity index (χ4n) is 9.36. The van der Waals surface area contributed by atoms with Gasteiger partial charge < -0.3 is 14.2 Å². The number of unbranched alkanes of at least 4 members (excludes halogenated alkanes) is 33. The number of rotatable bonds is 60. The molecule has 6 nitrogen and oxygen atoms in total. The SMILES string of the molecule is CC/C=C\C/C=C\C/C=C\C/C=C\C/C=C\CCCCCC(=O)OC(COC(=O)CCCCCCCCCCCC)COC(=O)CCCCCCCCCCCCCCCCCC/C=C\C/C=C\C/C=C\CCCCCCC. The molecule has 0 aliphatic heterocycles. The fourth-order valence-corrected chi connectivity index (χ4v) is 9.36. The van der Waals surface area contributed by atoms with Crippen LogP contribution in [0.15, 0.2) is 97.2 Å². The summed E-state index contributed by atoms with van der Waals surface area (Å²) in [6, 6.07) is 0. The maximum atomic E-state index is 12.9. The Kier molecular flexibility index (Phi) is 62.7. The van der Waals surface area contributed by atoms with Crippen LogP contribution in [0, 0.1) is 0 Å². The van der Waals surface area contributed by atoms with Crippen molar-refractivity contribution >= 4 is 17.9 Å². The maximum Gasteiger partial charge on any atom is 0.306 e. The summed E-state index contributed by atoms with van der Waals surface area (Å²) >= 11 is 0. The Balaban J connectivity index is 4.19. The quantitative estimate of drug-likeness (QED) is 0.0261. The summed E-state index contributed by atoms with van der Waals surface area (Å²) in [6.07, 6.45) is 88.6. The minimum atomic E-state index is -0.794. The van der Waals surface area contributed by atoms with Crippen LogP contribution in [0.2, 0.25) is 0 Å². The van der Waals surface area contributed by atoms with Gasteiger partial charge in [-0.2, -0.15) is 0 Å². The van der Waals surface area contributed by atoms with Crippen LogP contribution in [0.4, 0.5) is 0 Å². The summed E-state index contributed by atoms with van der Waals surface area (Å²) < 4.78 is 16.9. The van der Waals surface area contributed by atoms with Crippen molar-refractivity contribution in [3.63, 3.8) is 0 Å². The first-order valence-electron chi connectivity index (χ1n) is 33.2. The first-order valence-corrected chi connectivity index (χ1v) is 33.2. The molecule has 0 radical (unpaired) electrons. The van der Waals surface area contributed by atoms with Crippen molar-refractivity contribution in [3.05, 3.63) is 97.2 Å². The Morgan fingerprint density at radius 1 is 0.269 bits per heavy atom. The van der Waals surface area contributed by atoms with Gasteiger partial charge in [0.2, 0.25) is 0 Å². The normalized spacial score (nSPS) is 12.7. The summed E-state index contributed by atoms with van der Waals surface area (Å²) in [5.74, 6) is -0.912. The molecule has 0 aliphatic carbocycles. The molecule has 448 valence electrons. The van der Waals surface area contributed by atoms with Crippen molar-refractivity contribution in [2.24, 2.45) is 0 Å². The van der Waals surface area contributed by atoms with Gasteiger partial charge in [-0.3, -0.25) is 14.4 Å². The predicted molar refractivity (Wildman–Crippen MR) is 339 cm³/mol. The van der Waals surface area contributed by atoms with E-state index in [9.17, 15) is 14.4 Å². The third-order valence-corrected chi connectivity index (χ3v) is 14.3. The zero-order valence-corrected chi connectivity index (χ0v) is 51.4. The van der Waals surface area contributed by atoms with Crippen LogP contribution >= 0.6 is 0 Å². The van der Waals surface area contributed by atoms with Gasteiger partial charge in [-0.05, 0) is 103 Å². The second-order valence-electron chi connectivity index (χ2n) is 22.0. The van der Waals surface area contributed by atoms with E-state index in [1.807, 2.05) is 0 Å².